The summed E-state index contributed by atoms with van der Waals surface area (Å²) in [5, 5.41) is 12.2. The molecule has 0 atom stereocenters. The molecule has 0 aliphatic carbocycles. The minimum atomic E-state index is -0.227. The molecule has 3 aromatic rings. The third kappa shape index (κ3) is 3.32. The molecule has 112 valence electrons. The van der Waals surface area contributed by atoms with Crippen LogP contribution in [0.3, 0.4) is 0 Å². The van der Waals surface area contributed by atoms with Crippen molar-refractivity contribution in [2.75, 3.05) is 12.4 Å². The maximum absolute atomic E-state index is 12.0. The van der Waals surface area contributed by atoms with Crippen LogP contribution in [0.2, 0.25) is 0 Å². The maximum Gasteiger partial charge on any atom is 0.322 e. The lowest BCUT2D eigenvalue weighted by molar-refractivity contribution is -0.115. The molecule has 0 fully saturated rings. The lowest BCUT2D eigenvalue weighted by atomic mass is 10.1. The molecule has 2 heterocycles. The molecular formula is C15H13N3O3S. The quantitative estimate of drug-likeness (QED) is 0.783. The van der Waals surface area contributed by atoms with E-state index < -0.39 is 0 Å². The first-order chi connectivity index (χ1) is 10.7. The van der Waals surface area contributed by atoms with Crippen molar-refractivity contribution in [3.8, 4) is 16.5 Å². The molecule has 6 nitrogen and oxygen atoms in total. The van der Waals surface area contributed by atoms with E-state index in [1.54, 1.807) is 7.11 Å². The second-order valence-electron chi connectivity index (χ2n) is 4.47. The Balaban J connectivity index is 1.64. The Bertz CT molecular complexity index is 768. The van der Waals surface area contributed by atoms with Gasteiger partial charge >= 0.3 is 6.01 Å². The number of ether oxygens (including phenoxy) is 1. The van der Waals surface area contributed by atoms with Crippen molar-refractivity contribution in [2.45, 2.75) is 6.42 Å². The number of carbonyl (C=O) groups excluding carboxylic acids is 1. The summed E-state index contributed by atoms with van der Waals surface area (Å²) in [6, 6.07) is 11.2. The summed E-state index contributed by atoms with van der Waals surface area (Å²) in [7, 11) is 1.59. The van der Waals surface area contributed by atoms with E-state index in [9.17, 15) is 4.79 Å². The maximum atomic E-state index is 12.0. The number of nitrogens with zero attached hydrogens (tertiary/aromatic N) is 2. The molecule has 2 aromatic heterocycles. The largest absolute Gasteiger partial charge is 0.497 e. The molecule has 0 saturated carbocycles. The van der Waals surface area contributed by atoms with E-state index >= 15 is 0 Å². The fourth-order valence-electron chi connectivity index (χ4n) is 1.90. The molecule has 0 radical (unpaired) electrons. The van der Waals surface area contributed by atoms with Gasteiger partial charge in [0, 0.05) is 0 Å². The van der Waals surface area contributed by atoms with Gasteiger partial charge < -0.3 is 9.15 Å². The molecule has 0 bridgehead atoms. The van der Waals surface area contributed by atoms with Gasteiger partial charge in [-0.2, -0.15) is 0 Å². The number of rotatable bonds is 5. The number of carbonyl (C=O) groups is 1. The van der Waals surface area contributed by atoms with Crippen LogP contribution in [0.4, 0.5) is 6.01 Å². The predicted octanol–water partition coefficient (Wildman–Crippen LogP) is 2.99. The Hall–Kier alpha value is -2.67. The topological polar surface area (TPSA) is 77.2 Å². The fraction of sp³-hybridized carbons (Fsp3) is 0.133. The first-order valence-electron chi connectivity index (χ1n) is 6.55. The summed E-state index contributed by atoms with van der Waals surface area (Å²) >= 11 is 1.49. The number of amides is 1. The van der Waals surface area contributed by atoms with Gasteiger partial charge in [-0.3, -0.25) is 10.1 Å². The summed E-state index contributed by atoms with van der Waals surface area (Å²) in [4.78, 5) is 12.9. The number of anilines is 1. The number of nitrogens with one attached hydrogen (secondary N) is 1. The fourth-order valence-corrected chi connectivity index (χ4v) is 2.55. The average Bonchev–Trinajstić information content (AvgIpc) is 3.18. The number of benzene rings is 1. The summed E-state index contributed by atoms with van der Waals surface area (Å²) in [6.07, 6.45) is 0.202. The molecule has 0 spiro atoms. The number of hydrogen-bond donors (Lipinski definition) is 1. The normalized spacial score (nSPS) is 10.4. The van der Waals surface area contributed by atoms with Gasteiger partial charge in [0.1, 0.15) is 5.75 Å². The lowest BCUT2D eigenvalue weighted by Gasteiger charge is -2.03. The van der Waals surface area contributed by atoms with Crippen LogP contribution < -0.4 is 10.1 Å². The Kier molecular flexibility index (Phi) is 4.15. The van der Waals surface area contributed by atoms with Crippen LogP contribution in [0.1, 0.15) is 5.56 Å². The molecule has 0 aliphatic heterocycles. The van der Waals surface area contributed by atoms with Gasteiger partial charge in [-0.05, 0) is 29.1 Å². The molecule has 0 unspecified atom stereocenters. The lowest BCUT2D eigenvalue weighted by Crippen LogP contribution is -2.14. The molecule has 1 N–H and O–H groups in total. The smallest absolute Gasteiger partial charge is 0.322 e. The summed E-state index contributed by atoms with van der Waals surface area (Å²) in [6.45, 7) is 0. The summed E-state index contributed by atoms with van der Waals surface area (Å²) in [5.41, 5.74) is 0.842. The van der Waals surface area contributed by atoms with Crippen molar-refractivity contribution in [2.24, 2.45) is 0 Å². The van der Waals surface area contributed by atoms with Crippen LogP contribution in [0.25, 0.3) is 10.8 Å². The third-order valence-electron chi connectivity index (χ3n) is 2.90. The zero-order valence-electron chi connectivity index (χ0n) is 11.8. The Morgan fingerprint density at radius 3 is 3.00 bits per heavy atom. The van der Waals surface area contributed by atoms with Crippen molar-refractivity contribution in [1.29, 1.82) is 0 Å². The van der Waals surface area contributed by atoms with Crippen molar-refractivity contribution < 1.29 is 13.9 Å². The van der Waals surface area contributed by atoms with Crippen LogP contribution in [-0.4, -0.2) is 23.2 Å². The Labute approximate surface area is 130 Å². The van der Waals surface area contributed by atoms with Crippen molar-refractivity contribution in [3.63, 3.8) is 0 Å². The van der Waals surface area contributed by atoms with Crippen molar-refractivity contribution >= 4 is 23.3 Å². The number of thiophene rings is 1. The van der Waals surface area contributed by atoms with E-state index in [2.05, 4.69) is 15.5 Å². The second kappa shape index (κ2) is 6.40. The summed E-state index contributed by atoms with van der Waals surface area (Å²) in [5.74, 6) is 0.879. The van der Waals surface area contributed by atoms with Gasteiger partial charge in [-0.25, -0.2) is 0 Å². The SMILES string of the molecule is COc1cccc(CC(=O)Nc2nnc(-c3cccs3)o2)c1. The summed E-state index contributed by atoms with van der Waals surface area (Å²) < 4.78 is 10.5. The highest BCUT2D eigenvalue weighted by atomic mass is 32.1. The Morgan fingerprint density at radius 1 is 1.32 bits per heavy atom. The molecule has 1 amide bonds. The Morgan fingerprint density at radius 2 is 2.23 bits per heavy atom. The van der Waals surface area contributed by atoms with E-state index in [1.807, 2.05) is 41.8 Å². The molecule has 22 heavy (non-hydrogen) atoms. The van der Waals surface area contributed by atoms with Crippen LogP contribution in [0.15, 0.2) is 46.2 Å². The monoisotopic (exact) mass is 315 g/mol. The highest BCUT2D eigenvalue weighted by molar-refractivity contribution is 7.13. The first kappa shape index (κ1) is 14.3. The first-order valence-corrected chi connectivity index (χ1v) is 7.43. The van der Waals surface area contributed by atoms with E-state index in [1.165, 1.54) is 11.3 Å². The van der Waals surface area contributed by atoms with Crippen molar-refractivity contribution in [3.05, 3.63) is 47.3 Å². The van der Waals surface area contributed by atoms with Gasteiger partial charge in [0.05, 0.1) is 18.4 Å². The molecule has 3 rings (SSSR count). The van der Waals surface area contributed by atoms with Gasteiger partial charge in [0.2, 0.25) is 5.91 Å². The van der Waals surface area contributed by atoms with Crippen LogP contribution in [0, 0.1) is 0 Å². The minimum Gasteiger partial charge on any atom is -0.497 e. The molecule has 0 saturated heterocycles. The zero-order chi connectivity index (χ0) is 15.4. The highest BCUT2D eigenvalue weighted by Crippen LogP contribution is 2.24. The number of hydrogen-bond acceptors (Lipinski definition) is 6. The molecular weight excluding hydrogens is 302 g/mol. The number of aromatic nitrogens is 2. The van der Waals surface area contributed by atoms with E-state index in [0.717, 1.165) is 10.4 Å². The zero-order valence-corrected chi connectivity index (χ0v) is 12.6. The van der Waals surface area contributed by atoms with Gasteiger partial charge in [0.25, 0.3) is 5.89 Å². The second-order valence-corrected chi connectivity index (χ2v) is 5.41. The average molecular weight is 315 g/mol. The molecule has 1 aromatic carbocycles. The van der Waals surface area contributed by atoms with E-state index in [0.29, 0.717) is 11.6 Å². The number of methoxy groups -OCH3 is 1. The van der Waals surface area contributed by atoms with E-state index in [4.69, 9.17) is 9.15 Å². The van der Waals surface area contributed by atoms with E-state index in [-0.39, 0.29) is 18.3 Å². The standard InChI is InChI=1S/C15H13N3O3S/c1-20-11-5-2-4-10(8-11)9-13(19)16-15-18-17-14(21-15)12-6-3-7-22-12/h2-8H,9H2,1H3,(H,16,18,19). The molecule has 7 heteroatoms. The van der Waals surface area contributed by atoms with Gasteiger partial charge in [-0.15, -0.1) is 16.4 Å². The van der Waals surface area contributed by atoms with Crippen molar-refractivity contribution in [1.82, 2.24) is 10.2 Å². The van der Waals surface area contributed by atoms with Gasteiger partial charge in [0.15, 0.2) is 0 Å². The third-order valence-corrected chi connectivity index (χ3v) is 3.76. The molecule has 0 aliphatic rings. The van der Waals surface area contributed by atoms with Crippen LogP contribution in [-0.2, 0) is 11.2 Å². The highest BCUT2D eigenvalue weighted by Gasteiger charge is 2.12. The van der Waals surface area contributed by atoms with Crippen LogP contribution >= 0.6 is 11.3 Å². The predicted molar refractivity (Wildman–Crippen MR) is 82.9 cm³/mol. The van der Waals surface area contributed by atoms with Gasteiger partial charge in [-0.1, -0.05) is 23.3 Å². The minimum absolute atomic E-state index is 0.0938. The van der Waals surface area contributed by atoms with Crippen LogP contribution in [0.5, 0.6) is 5.75 Å².